The number of carbonyl (C=O) groups excluding carboxylic acids is 3. The monoisotopic (exact) mass is 670 g/mol. The third kappa shape index (κ3) is 5.66. The predicted molar refractivity (Wildman–Crippen MR) is 167 cm³/mol. The second-order valence-electron chi connectivity index (χ2n) is 10.2. The third-order valence-electron chi connectivity index (χ3n) is 7.25. The number of nitrogens with zero attached hydrogens (tertiary/aromatic N) is 1. The van der Waals surface area contributed by atoms with Crippen LogP contribution in [0.5, 0.6) is 5.75 Å². The second-order valence-corrected chi connectivity index (χ2v) is 14.4. The number of hydrogen-bond donors (Lipinski definition) is 3. The van der Waals surface area contributed by atoms with Crippen LogP contribution < -0.4 is 25.0 Å². The van der Waals surface area contributed by atoms with E-state index in [0.717, 1.165) is 28.7 Å². The molecular weight excluding hydrogens is 648 g/mol. The van der Waals surface area contributed by atoms with Crippen molar-refractivity contribution in [3.63, 3.8) is 0 Å². The quantitative estimate of drug-likeness (QED) is 0.249. The average Bonchev–Trinajstić information content (AvgIpc) is 3.46. The van der Waals surface area contributed by atoms with Gasteiger partial charge in [-0.05, 0) is 61.5 Å². The third-order valence-corrected chi connectivity index (χ3v) is 10.8. The van der Waals surface area contributed by atoms with Crippen molar-refractivity contribution >= 4 is 73.8 Å². The number of aromatic amines is 1. The molecule has 226 valence electrons. The Morgan fingerprint density at radius 1 is 1.05 bits per heavy atom. The van der Waals surface area contributed by atoms with E-state index in [2.05, 4.69) is 10.3 Å². The number of halogens is 1. The summed E-state index contributed by atoms with van der Waals surface area (Å²) in [6.07, 6.45) is 0. The molecule has 3 unspecified atom stereocenters. The zero-order valence-electron chi connectivity index (χ0n) is 22.8. The number of primary sulfonamides is 1. The molecule has 3 atom stereocenters. The maximum absolute atomic E-state index is 14.0. The number of amides is 3. The molecule has 3 heterocycles. The summed E-state index contributed by atoms with van der Waals surface area (Å²) in [5, 5.41) is 7.75. The number of anilines is 2. The van der Waals surface area contributed by atoms with Crippen LogP contribution in [0.2, 0.25) is 5.02 Å². The Morgan fingerprint density at radius 2 is 1.75 bits per heavy atom. The van der Waals surface area contributed by atoms with Gasteiger partial charge in [0, 0.05) is 27.1 Å². The first-order chi connectivity index (χ1) is 20.9. The molecule has 0 saturated carbocycles. The Balaban J connectivity index is 1.32. The van der Waals surface area contributed by atoms with Gasteiger partial charge in [-0.2, -0.15) is 0 Å². The zero-order valence-corrected chi connectivity index (χ0v) is 26.0. The number of thioether (sulfide) groups is 1. The van der Waals surface area contributed by atoms with Gasteiger partial charge in [-0.1, -0.05) is 52.4 Å². The molecule has 15 heteroatoms. The largest absolute Gasteiger partial charge is 0.483 e. The van der Waals surface area contributed by atoms with E-state index < -0.39 is 51.4 Å². The summed E-state index contributed by atoms with van der Waals surface area (Å²) in [5.41, 5.74) is 2.19. The molecule has 0 aliphatic carbocycles. The van der Waals surface area contributed by atoms with Crippen LogP contribution in [0.15, 0.2) is 81.4 Å². The fourth-order valence-electron chi connectivity index (χ4n) is 5.26. The first-order valence-corrected chi connectivity index (χ1v) is 16.7. The van der Waals surface area contributed by atoms with Crippen LogP contribution in [-0.2, 0) is 24.4 Å². The van der Waals surface area contributed by atoms with E-state index >= 15 is 0 Å². The molecule has 3 amide bonds. The first kappa shape index (κ1) is 30.1. The highest BCUT2D eigenvalue weighted by Crippen LogP contribution is 2.54. The van der Waals surface area contributed by atoms with Crippen molar-refractivity contribution in [2.75, 3.05) is 16.8 Å². The van der Waals surface area contributed by atoms with E-state index in [9.17, 15) is 27.6 Å². The van der Waals surface area contributed by atoms with Crippen molar-refractivity contribution in [3.8, 4) is 5.75 Å². The minimum absolute atomic E-state index is 0.103. The van der Waals surface area contributed by atoms with Crippen LogP contribution in [0.4, 0.5) is 11.4 Å². The second kappa shape index (κ2) is 11.5. The molecule has 1 saturated heterocycles. The summed E-state index contributed by atoms with van der Waals surface area (Å²) in [6, 6.07) is 17.1. The smallest absolute Gasteiger partial charge is 0.305 e. The Kier molecular flexibility index (Phi) is 7.88. The summed E-state index contributed by atoms with van der Waals surface area (Å²) < 4.78 is 28.9. The van der Waals surface area contributed by atoms with Crippen molar-refractivity contribution in [2.45, 2.75) is 28.0 Å². The van der Waals surface area contributed by atoms with Gasteiger partial charge in [0.15, 0.2) is 6.61 Å². The van der Waals surface area contributed by atoms with Crippen LogP contribution >= 0.6 is 34.7 Å². The number of carbonyl (C=O) groups is 3. The average molecular weight is 671 g/mol. The summed E-state index contributed by atoms with van der Waals surface area (Å²) in [6.45, 7) is 1.46. The van der Waals surface area contributed by atoms with Crippen molar-refractivity contribution in [3.05, 3.63) is 97.4 Å². The topological polar surface area (TPSA) is 169 Å². The number of aromatic nitrogens is 1. The molecule has 2 aliphatic rings. The lowest BCUT2D eigenvalue weighted by Crippen LogP contribution is -2.32. The maximum Gasteiger partial charge on any atom is 0.305 e. The Morgan fingerprint density at radius 3 is 2.43 bits per heavy atom. The maximum atomic E-state index is 14.0. The van der Waals surface area contributed by atoms with Crippen molar-refractivity contribution in [1.29, 1.82) is 0 Å². The molecular formula is C29H23ClN4O7S3. The molecule has 0 radical (unpaired) electrons. The fraction of sp³-hybridized carbons (Fsp3) is 0.172. The highest BCUT2D eigenvalue weighted by atomic mass is 35.5. The molecule has 4 N–H and O–H groups in total. The molecule has 3 aromatic carbocycles. The lowest BCUT2D eigenvalue weighted by molar-refractivity contribution is -0.122. The standard InChI is InChI=1S/C29H23ClN4O7S3/c1-14-2-7-17(8-3-14)34-27(36)23-22(24-26(33-29(38)43-24)42-25(23)28(34)37)19-12-15(30)4-11-20(19)41-13-21(35)32-16-5-9-18(10-6-16)44(31,39)40/h2-12,22-23,25H,13H2,1H3,(H,32,35)(H,33,38)(H2,31,39,40). The summed E-state index contributed by atoms with van der Waals surface area (Å²) >= 11 is 8.51. The molecule has 6 rings (SSSR count). The van der Waals surface area contributed by atoms with Crippen molar-refractivity contribution in [2.24, 2.45) is 11.1 Å². The molecule has 11 nitrogen and oxygen atoms in total. The number of nitrogens with one attached hydrogen (secondary N) is 2. The Labute approximate surface area is 264 Å². The van der Waals surface area contributed by atoms with E-state index in [4.69, 9.17) is 21.5 Å². The van der Waals surface area contributed by atoms with E-state index in [1.807, 2.05) is 19.1 Å². The van der Waals surface area contributed by atoms with Gasteiger partial charge < -0.3 is 15.0 Å². The fourth-order valence-corrected chi connectivity index (χ4v) is 8.46. The number of hydrogen-bond acceptors (Lipinski definition) is 9. The predicted octanol–water partition coefficient (Wildman–Crippen LogP) is 3.86. The molecule has 1 fully saturated rings. The number of H-pyrrole nitrogens is 1. The highest BCUT2D eigenvalue weighted by Gasteiger charge is 2.56. The van der Waals surface area contributed by atoms with Crippen molar-refractivity contribution in [1.82, 2.24) is 4.98 Å². The van der Waals surface area contributed by atoms with E-state index in [0.29, 0.717) is 31.9 Å². The number of imide groups is 1. The number of ether oxygens (including phenoxy) is 1. The SMILES string of the molecule is Cc1ccc(N2C(=O)C3Sc4[nH]c(=O)sc4C(c4cc(Cl)ccc4OCC(=O)Nc4ccc(S(N)(=O)=O)cc4)C3C2=O)cc1. The molecule has 4 aromatic rings. The number of fused-ring (bicyclic) bond motifs is 2. The van der Waals surface area contributed by atoms with Gasteiger partial charge in [-0.25, -0.2) is 18.5 Å². The molecule has 1 aromatic heterocycles. The number of rotatable bonds is 7. The van der Waals surface area contributed by atoms with Crippen LogP contribution in [0, 0.1) is 12.8 Å². The molecule has 44 heavy (non-hydrogen) atoms. The summed E-state index contributed by atoms with van der Waals surface area (Å²) in [4.78, 5) is 57.0. The number of aryl methyl sites for hydroxylation is 1. The zero-order chi connectivity index (χ0) is 31.3. The van der Waals surface area contributed by atoms with E-state index in [-0.39, 0.29) is 15.5 Å². The lowest BCUT2D eigenvalue weighted by Gasteiger charge is -2.31. The van der Waals surface area contributed by atoms with Gasteiger partial charge in [0.1, 0.15) is 11.0 Å². The number of nitrogens with two attached hydrogens (primary N) is 1. The van der Waals surface area contributed by atoms with Crippen LogP contribution in [0.1, 0.15) is 21.9 Å². The molecule has 2 aliphatic heterocycles. The normalized spacial score (nSPS) is 19.4. The minimum Gasteiger partial charge on any atom is -0.483 e. The Hall–Kier alpha value is -3.95. The van der Waals surface area contributed by atoms with Gasteiger partial charge in [-0.3, -0.25) is 19.2 Å². The van der Waals surface area contributed by atoms with Gasteiger partial charge in [0.25, 0.3) is 5.91 Å². The molecule has 0 bridgehead atoms. The number of thiazole rings is 1. The van der Waals surface area contributed by atoms with Crippen molar-refractivity contribution < 1.29 is 27.5 Å². The van der Waals surface area contributed by atoms with Gasteiger partial charge >= 0.3 is 4.87 Å². The highest BCUT2D eigenvalue weighted by molar-refractivity contribution is 8.00. The minimum atomic E-state index is -3.89. The van der Waals surface area contributed by atoms with Gasteiger partial charge in [-0.15, -0.1) is 0 Å². The summed E-state index contributed by atoms with van der Waals surface area (Å²) in [5.74, 6) is -2.76. The van der Waals surface area contributed by atoms with Gasteiger partial charge in [0.05, 0.1) is 21.5 Å². The summed E-state index contributed by atoms with van der Waals surface area (Å²) in [7, 11) is -3.89. The van der Waals surface area contributed by atoms with Crippen LogP contribution in [0.3, 0.4) is 0 Å². The van der Waals surface area contributed by atoms with Crippen LogP contribution in [-0.4, -0.2) is 43.0 Å². The van der Waals surface area contributed by atoms with E-state index in [1.165, 1.54) is 29.2 Å². The lowest BCUT2D eigenvalue weighted by atomic mass is 9.82. The van der Waals surface area contributed by atoms with Gasteiger partial charge in [0.2, 0.25) is 21.8 Å². The van der Waals surface area contributed by atoms with E-state index in [1.54, 1.807) is 30.3 Å². The first-order valence-electron chi connectivity index (χ1n) is 13.1. The molecule has 0 spiro atoms. The number of benzene rings is 3. The number of sulfonamides is 1. The Bertz CT molecular complexity index is 1970. The van der Waals surface area contributed by atoms with Crippen LogP contribution in [0.25, 0.3) is 0 Å².